The first kappa shape index (κ1) is 19.5. The van der Waals surface area contributed by atoms with Crippen LogP contribution in [0.15, 0.2) is 27.8 Å². The number of fused-ring (bicyclic) bond motifs is 1. The molecule has 0 bridgehead atoms. The maximum absolute atomic E-state index is 13.1. The largest absolute Gasteiger partial charge is 0.354 e. The molecule has 152 valence electrons. The molecule has 0 saturated carbocycles. The Morgan fingerprint density at radius 2 is 1.93 bits per heavy atom. The van der Waals surface area contributed by atoms with Gasteiger partial charge in [0.25, 0.3) is 5.56 Å². The first-order chi connectivity index (χ1) is 13.8. The van der Waals surface area contributed by atoms with Crippen LogP contribution in [0.25, 0.3) is 11.2 Å². The van der Waals surface area contributed by atoms with Crippen molar-refractivity contribution < 1.29 is 4.79 Å². The van der Waals surface area contributed by atoms with Crippen molar-refractivity contribution in [3.8, 4) is 0 Å². The third kappa shape index (κ3) is 3.40. The van der Waals surface area contributed by atoms with Gasteiger partial charge in [-0.15, -0.1) is 0 Å². The lowest BCUT2D eigenvalue weighted by Gasteiger charge is -2.11. The van der Waals surface area contributed by atoms with E-state index in [4.69, 9.17) is 23.2 Å². The van der Waals surface area contributed by atoms with E-state index in [-0.39, 0.29) is 29.7 Å². The van der Waals surface area contributed by atoms with E-state index in [1.807, 2.05) is 0 Å². The highest BCUT2D eigenvalue weighted by atomic mass is 35.5. The third-order valence-electron chi connectivity index (χ3n) is 5.00. The summed E-state index contributed by atoms with van der Waals surface area (Å²) in [7, 11) is 3.25. The van der Waals surface area contributed by atoms with Crippen molar-refractivity contribution in [3.63, 3.8) is 0 Å². The normalized spacial score (nSPS) is 16.4. The first-order valence-electron chi connectivity index (χ1n) is 8.89. The molecule has 1 saturated heterocycles. The van der Waals surface area contributed by atoms with Gasteiger partial charge in [0, 0.05) is 27.1 Å². The Balaban J connectivity index is 1.79. The number of hydrogen-bond donors (Lipinski definition) is 2. The van der Waals surface area contributed by atoms with Gasteiger partial charge in [-0.25, -0.2) is 4.79 Å². The Morgan fingerprint density at radius 1 is 1.17 bits per heavy atom. The third-order valence-corrected chi connectivity index (χ3v) is 5.73. The number of carbonyl (C=O) groups excluding carboxylic acids is 1. The maximum atomic E-state index is 13.1. The molecule has 1 aliphatic rings. The summed E-state index contributed by atoms with van der Waals surface area (Å²) in [5, 5.41) is 6.64. The van der Waals surface area contributed by atoms with E-state index < -0.39 is 11.2 Å². The monoisotopic (exact) mass is 436 g/mol. The number of nitrogens with zero attached hydrogens (tertiary/aromatic N) is 4. The summed E-state index contributed by atoms with van der Waals surface area (Å²) < 4.78 is 4.07. The molecule has 9 nitrogen and oxygen atoms in total. The number of anilines is 1. The van der Waals surface area contributed by atoms with Gasteiger partial charge >= 0.3 is 5.69 Å². The molecule has 4 rings (SSSR count). The highest BCUT2D eigenvalue weighted by Gasteiger charge is 2.24. The molecule has 1 amide bonds. The zero-order valence-corrected chi connectivity index (χ0v) is 17.2. The van der Waals surface area contributed by atoms with Crippen LogP contribution in [-0.4, -0.2) is 37.2 Å². The van der Waals surface area contributed by atoms with Crippen LogP contribution >= 0.6 is 23.2 Å². The minimum atomic E-state index is -0.490. The fourth-order valence-electron chi connectivity index (χ4n) is 3.42. The number of aromatic nitrogens is 4. The van der Waals surface area contributed by atoms with Crippen molar-refractivity contribution in [2.75, 3.05) is 11.9 Å². The summed E-state index contributed by atoms with van der Waals surface area (Å²) in [6.07, 6.45) is 0.323. The van der Waals surface area contributed by atoms with Gasteiger partial charge in [0.05, 0.1) is 22.6 Å². The lowest BCUT2D eigenvalue weighted by atomic mass is 10.2. The number of nitrogens with one attached hydrogen (secondary N) is 2. The van der Waals surface area contributed by atoms with E-state index in [1.165, 1.54) is 4.57 Å². The number of rotatable bonds is 4. The molecule has 0 spiro atoms. The molecule has 1 aromatic carbocycles. The van der Waals surface area contributed by atoms with Crippen LogP contribution in [0.1, 0.15) is 12.0 Å². The second-order valence-electron chi connectivity index (χ2n) is 7.00. The minimum absolute atomic E-state index is 0.0438. The summed E-state index contributed by atoms with van der Waals surface area (Å²) in [6, 6.07) is 4.83. The second kappa shape index (κ2) is 7.23. The van der Waals surface area contributed by atoms with Gasteiger partial charge in [0.15, 0.2) is 11.2 Å². The molecule has 1 fully saturated rings. The smallest absolute Gasteiger partial charge is 0.332 e. The summed E-state index contributed by atoms with van der Waals surface area (Å²) in [4.78, 5) is 41.8. The highest BCUT2D eigenvalue weighted by Crippen LogP contribution is 2.23. The maximum Gasteiger partial charge on any atom is 0.332 e. The number of imidazole rings is 1. The molecule has 29 heavy (non-hydrogen) atoms. The van der Waals surface area contributed by atoms with E-state index in [9.17, 15) is 14.4 Å². The molecule has 0 radical (unpaired) electrons. The van der Waals surface area contributed by atoms with Crippen LogP contribution < -0.4 is 21.9 Å². The van der Waals surface area contributed by atoms with Crippen molar-refractivity contribution >= 4 is 46.2 Å². The fraction of sp³-hybridized carbons (Fsp3) is 0.333. The average molecular weight is 437 g/mol. The zero-order valence-electron chi connectivity index (χ0n) is 15.7. The van der Waals surface area contributed by atoms with Crippen molar-refractivity contribution in [2.45, 2.75) is 19.0 Å². The van der Waals surface area contributed by atoms with Gasteiger partial charge in [-0.1, -0.05) is 29.3 Å². The number of hydrogen-bond acceptors (Lipinski definition) is 5. The van der Waals surface area contributed by atoms with E-state index in [0.29, 0.717) is 34.5 Å². The molecule has 0 aliphatic carbocycles. The standard InChI is InChI=1S/C18H18Cl2N6O3/c1-24-14-15(23-17(24)22-10-6-13(27)21-7-10)25(2)18(29)26(16(14)28)8-9-3-4-11(19)12(20)5-9/h3-5,10H,6-8H2,1-2H3,(H,21,27)(H,22,23). The number of halogens is 2. The van der Waals surface area contributed by atoms with Gasteiger partial charge in [-0.05, 0) is 17.7 Å². The molecule has 1 atom stereocenters. The Kier molecular flexibility index (Phi) is 4.87. The molecule has 3 aromatic rings. The Morgan fingerprint density at radius 3 is 2.59 bits per heavy atom. The Hall–Kier alpha value is -2.78. The lowest BCUT2D eigenvalue weighted by Crippen LogP contribution is -2.39. The van der Waals surface area contributed by atoms with Gasteiger partial charge in [-0.3, -0.25) is 18.7 Å². The summed E-state index contributed by atoms with van der Waals surface area (Å²) >= 11 is 12.0. The fourth-order valence-corrected chi connectivity index (χ4v) is 3.74. The van der Waals surface area contributed by atoms with Crippen LogP contribution in [0.3, 0.4) is 0 Å². The average Bonchev–Trinajstić information content (AvgIpc) is 3.23. The molecule has 3 heterocycles. The molecule has 2 aromatic heterocycles. The first-order valence-corrected chi connectivity index (χ1v) is 9.65. The topological polar surface area (TPSA) is 103 Å². The summed E-state index contributed by atoms with van der Waals surface area (Å²) in [5.74, 6) is 0.374. The Labute approximate surface area is 174 Å². The minimum Gasteiger partial charge on any atom is -0.354 e. The molecular weight excluding hydrogens is 419 g/mol. The van der Waals surface area contributed by atoms with E-state index in [0.717, 1.165) is 4.57 Å². The summed E-state index contributed by atoms with van der Waals surface area (Å²) in [6.45, 7) is 0.524. The van der Waals surface area contributed by atoms with Gasteiger partial charge in [-0.2, -0.15) is 4.98 Å². The molecular formula is C18H18Cl2N6O3. The highest BCUT2D eigenvalue weighted by molar-refractivity contribution is 6.42. The van der Waals surface area contributed by atoms with Gasteiger partial charge < -0.3 is 15.2 Å². The van der Waals surface area contributed by atoms with E-state index >= 15 is 0 Å². The molecule has 2 N–H and O–H groups in total. The van der Waals surface area contributed by atoms with E-state index in [2.05, 4.69) is 15.6 Å². The van der Waals surface area contributed by atoms with Crippen molar-refractivity contribution in [2.24, 2.45) is 14.1 Å². The van der Waals surface area contributed by atoms with Crippen molar-refractivity contribution in [1.82, 2.24) is 24.0 Å². The van der Waals surface area contributed by atoms with Crippen LogP contribution in [0.5, 0.6) is 0 Å². The van der Waals surface area contributed by atoms with Crippen molar-refractivity contribution in [3.05, 3.63) is 54.6 Å². The number of benzene rings is 1. The van der Waals surface area contributed by atoms with Crippen molar-refractivity contribution in [1.29, 1.82) is 0 Å². The van der Waals surface area contributed by atoms with Crippen LogP contribution in [-0.2, 0) is 25.4 Å². The van der Waals surface area contributed by atoms with Gasteiger partial charge in [0.2, 0.25) is 11.9 Å². The lowest BCUT2D eigenvalue weighted by molar-refractivity contribution is -0.119. The SMILES string of the molecule is Cn1c(NC2CNC(=O)C2)nc2c1c(=O)n(Cc1ccc(Cl)c(Cl)c1)c(=O)n2C. The quantitative estimate of drug-likeness (QED) is 0.636. The van der Waals surface area contributed by atoms with Gasteiger partial charge in [0.1, 0.15) is 0 Å². The van der Waals surface area contributed by atoms with Crippen LogP contribution in [0, 0.1) is 0 Å². The summed E-state index contributed by atoms with van der Waals surface area (Å²) in [5.41, 5.74) is 0.280. The Bertz CT molecular complexity index is 1260. The second-order valence-corrected chi connectivity index (χ2v) is 7.81. The van der Waals surface area contributed by atoms with Crippen LogP contribution in [0.4, 0.5) is 5.95 Å². The van der Waals surface area contributed by atoms with E-state index in [1.54, 1.807) is 36.9 Å². The van der Waals surface area contributed by atoms with Crippen LogP contribution in [0.2, 0.25) is 10.0 Å². The number of carbonyl (C=O) groups is 1. The molecule has 11 heteroatoms. The number of amides is 1. The molecule has 1 aliphatic heterocycles. The predicted octanol–water partition coefficient (Wildman–Crippen LogP) is 1.09. The number of aryl methyl sites for hydroxylation is 2. The molecule has 1 unspecified atom stereocenters. The predicted molar refractivity (Wildman–Crippen MR) is 111 cm³/mol. The zero-order chi connectivity index (χ0) is 20.9.